The Morgan fingerprint density at radius 2 is 1.28 bits per heavy atom. The Bertz CT molecular complexity index is 909. The summed E-state index contributed by atoms with van der Waals surface area (Å²) < 4.78 is 5.96. The molecule has 1 atom stereocenters. The average Bonchev–Trinajstić information content (AvgIpc) is 2.81. The highest BCUT2D eigenvalue weighted by molar-refractivity contribution is 5.39. The molecule has 0 bridgehead atoms. The van der Waals surface area contributed by atoms with E-state index >= 15 is 0 Å². The predicted molar refractivity (Wildman–Crippen MR) is 130 cm³/mol. The van der Waals surface area contributed by atoms with Crippen LogP contribution in [0, 0.1) is 13.8 Å². The van der Waals surface area contributed by atoms with Crippen LogP contribution in [0.3, 0.4) is 0 Å². The zero-order valence-corrected chi connectivity index (χ0v) is 19.2. The number of hydrogen-bond donors (Lipinski definition) is 1. The average molecular weight is 431 g/mol. The number of β-amino-alcohol motifs (C(OH)–C–C–N with tert-alkyl or cyclic N) is 1. The standard InChI is InChI=1S/C28H34N2O2/c1-22-10-9-11-23(2)28(22)32-21-26(31)20-29-16-18-30(19-17-29)27(24-12-5-3-6-13-24)25-14-7-4-8-15-25/h3-15,26-27,31H,16-21H2,1-2H3/t26-/m1/s1. The third kappa shape index (κ3) is 5.57. The van der Waals surface area contributed by atoms with Crippen molar-refractivity contribution in [3.63, 3.8) is 0 Å². The molecule has 4 heteroatoms. The maximum atomic E-state index is 10.6. The van der Waals surface area contributed by atoms with Gasteiger partial charge in [0.2, 0.25) is 0 Å². The molecule has 1 aliphatic rings. The Morgan fingerprint density at radius 3 is 1.81 bits per heavy atom. The van der Waals surface area contributed by atoms with E-state index in [2.05, 4.69) is 70.5 Å². The number of aliphatic hydroxyl groups is 1. The Kier molecular flexibility index (Phi) is 7.59. The summed E-state index contributed by atoms with van der Waals surface area (Å²) in [7, 11) is 0. The molecule has 0 aliphatic carbocycles. The smallest absolute Gasteiger partial charge is 0.125 e. The first-order chi connectivity index (χ1) is 15.6. The first-order valence-corrected chi connectivity index (χ1v) is 11.5. The Labute approximate surface area is 192 Å². The van der Waals surface area contributed by atoms with E-state index in [-0.39, 0.29) is 6.04 Å². The van der Waals surface area contributed by atoms with Crippen LogP contribution in [-0.4, -0.2) is 60.3 Å². The lowest BCUT2D eigenvalue weighted by Crippen LogP contribution is -2.50. The summed E-state index contributed by atoms with van der Waals surface area (Å²) in [6, 6.07) is 27.9. The molecule has 1 saturated heterocycles. The Morgan fingerprint density at radius 1 is 0.750 bits per heavy atom. The Balaban J connectivity index is 1.33. The van der Waals surface area contributed by atoms with Crippen LogP contribution in [0.2, 0.25) is 0 Å². The van der Waals surface area contributed by atoms with E-state index in [9.17, 15) is 5.11 Å². The molecule has 0 radical (unpaired) electrons. The molecule has 1 N–H and O–H groups in total. The second kappa shape index (κ2) is 10.8. The van der Waals surface area contributed by atoms with Crippen LogP contribution in [0.1, 0.15) is 28.3 Å². The van der Waals surface area contributed by atoms with E-state index in [0.29, 0.717) is 13.2 Å². The summed E-state index contributed by atoms with van der Waals surface area (Å²) in [4.78, 5) is 4.91. The van der Waals surface area contributed by atoms with Gasteiger partial charge < -0.3 is 9.84 Å². The van der Waals surface area contributed by atoms with Crippen molar-refractivity contribution in [2.24, 2.45) is 0 Å². The first-order valence-electron chi connectivity index (χ1n) is 11.5. The molecule has 3 aromatic carbocycles. The molecule has 0 unspecified atom stereocenters. The van der Waals surface area contributed by atoms with Crippen LogP contribution >= 0.6 is 0 Å². The zero-order chi connectivity index (χ0) is 22.3. The van der Waals surface area contributed by atoms with Gasteiger partial charge in [-0.25, -0.2) is 0 Å². The summed E-state index contributed by atoms with van der Waals surface area (Å²) in [6.45, 7) is 8.88. The summed E-state index contributed by atoms with van der Waals surface area (Å²) in [5, 5.41) is 10.6. The molecule has 1 heterocycles. The number of benzene rings is 3. The SMILES string of the molecule is Cc1cccc(C)c1OC[C@H](O)CN1CCN(C(c2ccccc2)c2ccccc2)CC1. The van der Waals surface area contributed by atoms with E-state index in [1.165, 1.54) is 11.1 Å². The molecule has 0 amide bonds. The van der Waals surface area contributed by atoms with Crippen LogP contribution in [0.4, 0.5) is 0 Å². The van der Waals surface area contributed by atoms with Gasteiger partial charge in [-0.15, -0.1) is 0 Å². The van der Waals surface area contributed by atoms with Crippen molar-refractivity contribution < 1.29 is 9.84 Å². The monoisotopic (exact) mass is 430 g/mol. The minimum Gasteiger partial charge on any atom is -0.490 e. The van der Waals surface area contributed by atoms with Gasteiger partial charge >= 0.3 is 0 Å². The molecule has 1 fully saturated rings. The quantitative estimate of drug-likeness (QED) is 0.573. The number of piperazine rings is 1. The van der Waals surface area contributed by atoms with Crippen molar-refractivity contribution in [2.75, 3.05) is 39.3 Å². The molecular formula is C28H34N2O2. The van der Waals surface area contributed by atoms with E-state index in [1.54, 1.807) is 0 Å². The lowest BCUT2D eigenvalue weighted by Gasteiger charge is -2.40. The van der Waals surface area contributed by atoms with Crippen LogP contribution in [0.25, 0.3) is 0 Å². The number of nitrogens with zero attached hydrogens (tertiary/aromatic N) is 2. The third-order valence-electron chi connectivity index (χ3n) is 6.30. The van der Waals surface area contributed by atoms with E-state index < -0.39 is 6.10 Å². The summed E-state index contributed by atoms with van der Waals surface area (Å²) in [5.74, 6) is 0.893. The zero-order valence-electron chi connectivity index (χ0n) is 19.2. The molecule has 0 spiro atoms. The summed E-state index contributed by atoms with van der Waals surface area (Å²) in [6.07, 6.45) is -0.500. The molecule has 168 valence electrons. The van der Waals surface area contributed by atoms with E-state index in [0.717, 1.165) is 43.1 Å². The molecule has 3 aromatic rings. The minimum absolute atomic E-state index is 0.261. The number of aliphatic hydroxyl groups excluding tert-OH is 1. The van der Waals surface area contributed by atoms with Crippen molar-refractivity contribution in [1.82, 2.24) is 9.80 Å². The molecule has 4 rings (SSSR count). The highest BCUT2D eigenvalue weighted by Crippen LogP contribution is 2.29. The molecule has 32 heavy (non-hydrogen) atoms. The summed E-state index contributed by atoms with van der Waals surface area (Å²) in [5.41, 5.74) is 4.88. The lowest BCUT2D eigenvalue weighted by atomic mass is 9.96. The van der Waals surface area contributed by atoms with E-state index in [4.69, 9.17) is 4.74 Å². The van der Waals surface area contributed by atoms with Gasteiger partial charge in [-0.3, -0.25) is 9.80 Å². The highest BCUT2D eigenvalue weighted by Gasteiger charge is 2.27. The highest BCUT2D eigenvalue weighted by atomic mass is 16.5. The van der Waals surface area contributed by atoms with Crippen LogP contribution in [0.5, 0.6) is 5.75 Å². The third-order valence-corrected chi connectivity index (χ3v) is 6.30. The second-order valence-corrected chi connectivity index (χ2v) is 8.75. The molecule has 0 aromatic heterocycles. The largest absolute Gasteiger partial charge is 0.490 e. The van der Waals surface area contributed by atoms with Gasteiger partial charge in [-0.1, -0.05) is 78.9 Å². The summed E-state index contributed by atoms with van der Waals surface area (Å²) >= 11 is 0. The molecule has 4 nitrogen and oxygen atoms in total. The van der Waals surface area contributed by atoms with Gasteiger partial charge in [-0.05, 0) is 36.1 Å². The van der Waals surface area contributed by atoms with Gasteiger partial charge in [0.15, 0.2) is 0 Å². The Hall–Kier alpha value is -2.66. The number of rotatable bonds is 8. The van der Waals surface area contributed by atoms with Crippen molar-refractivity contribution in [1.29, 1.82) is 0 Å². The van der Waals surface area contributed by atoms with Crippen molar-refractivity contribution in [3.8, 4) is 5.75 Å². The predicted octanol–water partition coefficient (Wildman–Crippen LogP) is 4.45. The maximum absolute atomic E-state index is 10.6. The molecular weight excluding hydrogens is 396 g/mol. The van der Waals surface area contributed by atoms with Crippen molar-refractivity contribution >= 4 is 0 Å². The number of ether oxygens (including phenoxy) is 1. The van der Waals surface area contributed by atoms with Gasteiger partial charge in [0.05, 0.1) is 6.04 Å². The maximum Gasteiger partial charge on any atom is 0.125 e. The van der Waals surface area contributed by atoms with Gasteiger partial charge in [0, 0.05) is 32.7 Å². The van der Waals surface area contributed by atoms with Crippen molar-refractivity contribution in [3.05, 3.63) is 101 Å². The first kappa shape index (κ1) is 22.5. The van der Waals surface area contributed by atoms with Gasteiger partial charge in [0.25, 0.3) is 0 Å². The topological polar surface area (TPSA) is 35.9 Å². The normalized spacial score (nSPS) is 16.2. The number of hydrogen-bond acceptors (Lipinski definition) is 4. The van der Waals surface area contributed by atoms with E-state index in [1.807, 2.05) is 32.0 Å². The fourth-order valence-electron chi connectivity index (χ4n) is 4.65. The van der Waals surface area contributed by atoms with Gasteiger partial charge in [-0.2, -0.15) is 0 Å². The molecule has 1 aliphatic heterocycles. The lowest BCUT2D eigenvalue weighted by molar-refractivity contribution is 0.0398. The van der Waals surface area contributed by atoms with Gasteiger partial charge in [0.1, 0.15) is 18.5 Å². The number of para-hydroxylation sites is 1. The molecule has 0 saturated carbocycles. The fourth-order valence-corrected chi connectivity index (χ4v) is 4.65. The fraction of sp³-hybridized carbons (Fsp3) is 0.357. The minimum atomic E-state index is -0.500. The number of aryl methyl sites for hydroxylation is 2. The second-order valence-electron chi connectivity index (χ2n) is 8.75. The van der Waals surface area contributed by atoms with Crippen LogP contribution in [0.15, 0.2) is 78.9 Å². The van der Waals surface area contributed by atoms with Crippen LogP contribution < -0.4 is 4.74 Å². The van der Waals surface area contributed by atoms with Crippen LogP contribution in [-0.2, 0) is 0 Å². The van der Waals surface area contributed by atoms with Crippen molar-refractivity contribution in [2.45, 2.75) is 26.0 Å².